The van der Waals surface area contributed by atoms with Crippen LogP contribution in [0.4, 0.5) is 42.8 Å². The number of aldehydes is 1. The molecule has 8 rings (SSSR count). The fourth-order valence-electron chi connectivity index (χ4n) is 11.1. The lowest BCUT2D eigenvalue weighted by atomic mass is 9.95. The molecule has 0 aliphatic carbocycles. The molecular weight excluding hydrogens is 1750 g/mol. The van der Waals surface area contributed by atoms with Gasteiger partial charge in [-0.25, -0.2) is 48.1 Å². The minimum Gasteiger partial charge on any atom is -0.594 e. The second kappa shape index (κ2) is 51.5. The smallest absolute Gasteiger partial charge is 0.493 e. The summed E-state index contributed by atoms with van der Waals surface area (Å²) in [6.45, 7) is 44.3. The molecule has 720 valence electrons. The third kappa shape index (κ3) is 49.5. The highest BCUT2D eigenvalue weighted by Gasteiger charge is 2.40. The Hall–Kier alpha value is -7.69. The number of anilines is 1. The molecule has 5 amide bonds. The number of aromatic nitrogens is 4. The van der Waals surface area contributed by atoms with Gasteiger partial charge in [-0.15, -0.1) is 8.42 Å². The fourth-order valence-corrected chi connectivity index (χ4v) is 13.5. The number of amides is 5. The Balaban J connectivity index is 0.000000730. The Morgan fingerprint density at radius 1 is 0.616 bits per heavy atom. The largest absolute Gasteiger partial charge is 0.594 e. The Kier molecular flexibility index (Phi) is 47.5. The number of carbonyl (C=O) groups excluding carboxylic acids is 6. The summed E-state index contributed by atoms with van der Waals surface area (Å²) >= 11 is 11.7. The SMILES string of the molecule is CC(C)(C)OC(=O)N1CC(CCC=O)C1.CC(C)(C)OC(=O)N1CC(CCCO)C1.CN(C)c1cc[n+](S(=O)(=O)N=C([O-])OC(C)(C)C)cc1.CN(CCCC1CN(C(=O)OC(C)(C)C)C1)S(=O)(=O)NC(=O)OC(C)(C)C.CN(CCCC1CNC1)S(N)(=O)=O.CNCCCC1CN(C(=O)OC(C)(C)C)C1.Cc1cc(Cl)n2ncnc(Cl)c12.O=C(O)C(F)(F)F. The van der Waals surface area contributed by atoms with E-state index in [1.54, 1.807) is 83.9 Å². The number of carbonyl (C=O) groups is 7. The number of pyridine rings is 1. The molecule has 0 unspecified atom stereocenters. The van der Waals surface area contributed by atoms with Crippen LogP contribution < -0.4 is 34.5 Å². The van der Waals surface area contributed by atoms with E-state index >= 15 is 0 Å². The van der Waals surface area contributed by atoms with E-state index in [4.69, 9.17) is 71.8 Å². The normalized spacial score (nSPS) is 15.6. The standard InChI is InChI=1S/C17H33N3O6S.C12H19N3O4S.C12H24N2O2.C11H21NO3.C11H19NO3.C7H5Cl2N3.C7H17N3O2S.C2HF3O2/c1-16(2,3)25-14(21)18-27(23,24)19(7)10-8-9-13-11-20(12-13)15(22)26-17(4,5)6;1-12(2,3)19-11(16)13-20(17,18)15-8-6-10(7-9-15)14(4)5;1-12(2,3)16-11(15)14-8-10(9-14)6-5-7-13-4;2*1-11(2,3)15-10(14)12-7-9(8-12)5-4-6-13;1-4-2-5(8)12-6(4)7(9)10-3-11-12;1-10(13(8,11)12)4-2-3-7-5-9-6-7;3-2(4,5)1(6)7/h13H,8-12H2,1-7H3,(H,18,21);6-9H,1-5H3;10,13H,5-9H2,1-4H3;9,13H,4-8H2,1-3H3;6,9H,4-5,7-8H2,1-3H3;2-3H,1H3;7,9H,2-6H2,1H3,(H2,8,11,12);(H,6,7). The first kappa shape index (κ1) is 115. The summed E-state index contributed by atoms with van der Waals surface area (Å²) in [5.41, 5.74) is -0.728. The number of nitrogens with zero attached hydrogens (tertiary/aromatic N) is 12. The monoisotopic (exact) mass is 1890 g/mol. The summed E-state index contributed by atoms with van der Waals surface area (Å²) in [5.74, 6) is -0.0120. The number of rotatable bonds is 24. The molecule has 7 N–H and O–H groups in total. The molecule has 0 aromatic carbocycles. The number of ether oxygens (including phenoxy) is 6. The third-order valence-corrected chi connectivity index (χ3v) is 21.7. The maximum atomic E-state index is 12.1. The Morgan fingerprint density at radius 3 is 1.31 bits per heavy atom. The lowest BCUT2D eigenvalue weighted by Gasteiger charge is -2.40. The molecule has 38 nitrogen and oxygen atoms in total. The van der Waals surface area contributed by atoms with Crippen molar-refractivity contribution in [2.75, 3.05) is 132 Å². The summed E-state index contributed by atoms with van der Waals surface area (Å²) in [7, 11) is -2.99. The highest BCUT2D eigenvalue weighted by Crippen LogP contribution is 2.29. The van der Waals surface area contributed by atoms with Crippen molar-refractivity contribution in [1.29, 1.82) is 0 Å². The highest BCUT2D eigenvalue weighted by atomic mass is 35.5. The van der Waals surface area contributed by atoms with Crippen LogP contribution in [0.2, 0.25) is 10.3 Å². The quantitative estimate of drug-likeness (QED) is 0.0121. The number of carboxylic acids is 1. The number of hydrogen-bond donors (Lipinski definition) is 6. The van der Waals surface area contributed by atoms with Gasteiger partial charge in [0.2, 0.25) is 0 Å². The predicted octanol–water partition coefficient (Wildman–Crippen LogP) is 9.41. The van der Waals surface area contributed by atoms with Gasteiger partial charge in [-0.05, 0) is 236 Å². The number of aliphatic carboxylic acids is 1. The molecule has 0 saturated carbocycles. The molecule has 5 aliphatic heterocycles. The Bertz CT molecular complexity index is 4220. The van der Waals surface area contributed by atoms with Crippen molar-refractivity contribution >= 4 is 114 Å². The van der Waals surface area contributed by atoms with E-state index < -0.39 is 83.0 Å². The number of aryl methyl sites for hydroxylation is 1. The van der Waals surface area contributed by atoms with Crippen LogP contribution in [0.1, 0.15) is 194 Å². The molecule has 0 spiro atoms. The van der Waals surface area contributed by atoms with Crippen LogP contribution >= 0.6 is 23.2 Å². The maximum Gasteiger partial charge on any atom is 0.493 e. The van der Waals surface area contributed by atoms with E-state index in [1.165, 1.54) is 50.0 Å². The molecule has 3 aromatic heterocycles. The van der Waals surface area contributed by atoms with Crippen LogP contribution in [0.15, 0.2) is 41.3 Å². The van der Waals surface area contributed by atoms with Crippen molar-refractivity contribution in [1.82, 2.24) is 58.2 Å². The van der Waals surface area contributed by atoms with Gasteiger partial charge in [-0.2, -0.15) is 43.7 Å². The molecule has 5 aliphatic rings. The van der Waals surface area contributed by atoms with Crippen LogP contribution in [0.3, 0.4) is 0 Å². The van der Waals surface area contributed by atoms with Crippen molar-refractivity contribution in [2.45, 2.75) is 236 Å². The van der Waals surface area contributed by atoms with Gasteiger partial charge in [-0.1, -0.05) is 52.3 Å². The van der Waals surface area contributed by atoms with E-state index in [-0.39, 0.29) is 43.1 Å². The minimum atomic E-state index is -5.08. The average Bonchev–Trinajstić information content (AvgIpc) is 1.64. The van der Waals surface area contributed by atoms with Gasteiger partial charge in [-0.3, -0.25) is 0 Å². The first-order chi connectivity index (χ1) is 57.0. The van der Waals surface area contributed by atoms with Crippen LogP contribution in [0, 0.1) is 36.5 Å². The summed E-state index contributed by atoms with van der Waals surface area (Å²) in [6.07, 6.45) is 5.80. The number of carboxylic acid groups (broad SMARTS) is 1. The predicted molar refractivity (Wildman–Crippen MR) is 466 cm³/mol. The molecule has 125 heavy (non-hydrogen) atoms. The Morgan fingerprint density at radius 2 is 0.984 bits per heavy atom. The molecule has 46 heteroatoms. The van der Waals surface area contributed by atoms with E-state index in [9.17, 15) is 72.3 Å². The summed E-state index contributed by atoms with van der Waals surface area (Å²) < 4.78 is 142. The van der Waals surface area contributed by atoms with Crippen molar-refractivity contribution in [2.24, 2.45) is 39.1 Å². The average molecular weight is 1890 g/mol. The zero-order chi connectivity index (χ0) is 96.4. The second-order valence-corrected chi connectivity index (χ2v) is 42.2. The number of likely N-dealkylation sites (tertiary alicyclic amines) is 4. The molecule has 0 atom stereocenters. The zero-order valence-electron chi connectivity index (χ0n) is 77.0. The van der Waals surface area contributed by atoms with Crippen LogP contribution in [-0.2, 0) is 68.6 Å². The van der Waals surface area contributed by atoms with E-state index in [1.807, 2.05) is 121 Å². The van der Waals surface area contributed by atoms with E-state index in [0.29, 0.717) is 66.5 Å². The number of aliphatic hydroxyl groups is 1. The number of alkyl halides is 3. The van der Waals surface area contributed by atoms with Crippen molar-refractivity contribution in [3.63, 3.8) is 0 Å². The Labute approximate surface area is 746 Å². The number of nitrogens with two attached hydrogens (primary N) is 1. The van der Waals surface area contributed by atoms with Gasteiger partial charge in [0.25, 0.3) is 10.2 Å². The van der Waals surface area contributed by atoms with Gasteiger partial charge in [0.05, 0.1) is 0 Å². The number of aliphatic hydroxyl groups excluding tert-OH is 1. The lowest BCUT2D eigenvalue weighted by Crippen LogP contribution is -2.51. The zero-order valence-corrected chi connectivity index (χ0v) is 81.0. The summed E-state index contributed by atoms with van der Waals surface area (Å²) in [4.78, 5) is 89.7. The highest BCUT2D eigenvalue weighted by molar-refractivity contribution is 7.87. The van der Waals surface area contributed by atoms with E-state index in [0.717, 1.165) is 135 Å². The number of halogens is 5. The van der Waals surface area contributed by atoms with Gasteiger partial charge in [0, 0.05) is 130 Å². The van der Waals surface area contributed by atoms with Gasteiger partial charge < -0.3 is 83.7 Å². The molecular formula is C79H139Cl2F3N16O22S3. The number of fused-ring (bicyclic) bond motifs is 1. The first-order valence-electron chi connectivity index (χ1n) is 40.9. The maximum absolute atomic E-state index is 12.1. The van der Waals surface area contributed by atoms with Crippen molar-refractivity contribution in [3.8, 4) is 0 Å². The van der Waals surface area contributed by atoms with Gasteiger partial charge in [0.1, 0.15) is 51.3 Å². The van der Waals surface area contributed by atoms with Crippen LogP contribution in [0.5, 0.6) is 0 Å². The molecule has 0 bridgehead atoms. The third-order valence-electron chi connectivity index (χ3n) is 17.5. The molecule has 0 radical (unpaired) electrons. The van der Waals surface area contributed by atoms with Crippen LogP contribution in [0.25, 0.3) is 5.52 Å². The molecule has 5 fully saturated rings. The molecule has 5 saturated heterocycles. The number of hydrogen-bond acceptors (Lipinski definition) is 26. The second-order valence-electron chi connectivity index (χ2n) is 36.6. The summed E-state index contributed by atoms with van der Waals surface area (Å²) in [6, 6.07) is 5.00. The van der Waals surface area contributed by atoms with E-state index in [2.05, 4.69) is 25.1 Å². The van der Waals surface area contributed by atoms with Gasteiger partial charge >= 0.3 is 63.0 Å². The fraction of sp³-hybridized carbons (Fsp3) is 0.759. The number of nitrogens with one attached hydrogen (secondary N) is 3. The first-order valence-corrected chi connectivity index (χ1v) is 46.0. The van der Waals surface area contributed by atoms with Gasteiger partial charge in [0.15, 0.2) is 23.6 Å². The van der Waals surface area contributed by atoms with Crippen molar-refractivity contribution < 1.29 is 120 Å². The van der Waals surface area contributed by atoms with Crippen LogP contribution in [-0.4, -0.2) is 294 Å². The lowest BCUT2D eigenvalue weighted by molar-refractivity contribution is -0.511. The molecule has 3 aromatic rings. The summed E-state index contributed by atoms with van der Waals surface area (Å²) in [5, 5.41) is 43.4. The van der Waals surface area contributed by atoms with Crippen molar-refractivity contribution in [3.05, 3.63) is 52.8 Å². The topological polar surface area (TPSA) is 472 Å². The minimum absolute atomic E-state index is 0.169. The molecule has 8 heterocycles.